The minimum Gasteiger partial charge on any atom is -0.469 e. The predicted octanol–water partition coefficient (Wildman–Crippen LogP) is 2.26. The number of methoxy groups -OCH3 is 1. The number of hydrogen-bond acceptors (Lipinski definition) is 5. The second-order valence-corrected chi connectivity index (χ2v) is 5.86. The quantitative estimate of drug-likeness (QED) is 0.641. The summed E-state index contributed by atoms with van der Waals surface area (Å²) in [5, 5.41) is 1.84. The van der Waals surface area contributed by atoms with Gasteiger partial charge in [-0.25, -0.2) is 0 Å². The summed E-state index contributed by atoms with van der Waals surface area (Å²) < 4.78 is 4.66. The molecule has 1 aliphatic rings. The maximum atomic E-state index is 12.3. The van der Waals surface area contributed by atoms with Crippen molar-refractivity contribution in [2.75, 3.05) is 7.11 Å². The molecular formula is C16H13NO4S. The van der Waals surface area contributed by atoms with E-state index in [2.05, 4.69) is 4.74 Å². The highest BCUT2D eigenvalue weighted by atomic mass is 32.1. The van der Waals surface area contributed by atoms with Gasteiger partial charge in [0.05, 0.1) is 31.2 Å². The number of benzene rings is 1. The van der Waals surface area contributed by atoms with Gasteiger partial charge in [-0.2, -0.15) is 0 Å². The highest BCUT2D eigenvalue weighted by molar-refractivity contribution is 7.10. The number of hydrogen-bond donors (Lipinski definition) is 0. The molecule has 0 N–H and O–H groups in total. The molecule has 1 aromatic heterocycles. The Bertz CT molecular complexity index is 730. The molecule has 0 aliphatic carbocycles. The van der Waals surface area contributed by atoms with Crippen LogP contribution in [-0.2, 0) is 22.5 Å². The second-order valence-electron chi connectivity index (χ2n) is 4.86. The van der Waals surface area contributed by atoms with Crippen molar-refractivity contribution in [1.29, 1.82) is 0 Å². The summed E-state index contributed by atoms with van der Waals surface area (Å²) in [4.78, 5) is 38.1. The molecule has 112 valence electrons. The van der Waals surface area contributed by atoms with Gasteiger partial charge >= 0.3 is 5.97 Å². The lowest BCUT2D eigenvalue weighted by Crippen LogP contribution is -2.29. The number of carbonyl (C=O) groups is 3. The smallest absolute Gasteiger partial charge is 0.310 e. The van der Waals surface area contributed by atoms with Gasteiger partial charge in [0.25, 0.3) is 11.8 Å². The number of amides is 2. The monoisotopic (exact) mass is 315 g/mol. The minimum atomic E-state index is -0.342. The van der Waals surface area contributed by atoms with Crippen LogP contribution in [-0.4, -0.2) is 29.8 Å². The van der Waals surface area contributed by atoms with Crippen LogP contribution in [0.15, 0.2) is 35.7 Å². The van der Waals surface area contributed by atoms with Crippen molar-refractivity contribution in [3.05, 3.63) is 57.3 Å². The molecule has 1 aliphatic heterocycles. The highest BCUT2D eigenvalue weighted by Gasteiger charge is 2.35. The molecule has 5 nitrogen and oxygen atoms in total. The van der Waals surface area contributed by atoms with Gasteiger partial charge in [-0.15, -0.1) is 11.3 Å². The first-order chi connectivity index (χ1) is 10.6. The van der Waals surface area contributed by atoms with Gasteiger partial charge in [0.15, 0.2) is 0 Å². The van der Waals surface area contributed by atoms with Crippen molar-refractivity contribution in [2.24, 2.45) is 0 Å². The van der Waals surface area contributed by atoms with Crippen molar-refractivity contribution >= 4 is 29.1 Å². The molecule has 0 spiro atoms. The van der Waals surface area contributed by atoms with E-state index in [9.17, 15) is 14.4 Å². The summed E-state index contributed by atoms with van der Waals surface area (Å²) in [6, 6.07) is 8.60. The van der Waals surface area contributed by atoms with Gasteiger partial charge in [0.2, 0.25) is 0 Å². The number of thiophene rings is 1. The number of fused-ring (bicyclic) bond motifs is 1. The average Bonchev–Trinajstić information content (AvgIpc) is 3.06. The first-order valence-corrected chi connectivity index (χ1v) is 7.57. The van der Waals surface area contributed by atoms with E-state index in [0.717, 1.165) is 10.4 Å². The normalized spacial score (nSPS) is 13.4. The van der Waals surface area contributed by atoms with E-state index in [4.69, 9.17) is 0 Å². The van der Waals surface area contributed by atoms with Crippen molar-refractivity contribution in [3.63, 3.8) is 0 Å². The Morgan fingerprint density at radius 2 is 1.77 bits per heavy atom. The lowest BCUT2D eigenvalue weighted by atomic mass is 10.1. The molecule has 0 saturated carbocycles. The van der Waals surface area contributed by atoms with Gasteiger partial charge in [-0.3, -0.25) is 19.3 Å². The zero-order chi connectivity index (χ0) is 15.7. The number of esters is 1. The number of imide groups is 1. The summed E-state index contributed by atoms with van der Waals surface area (Å²) in [6.07, 6.45) is 0.146. The van der Waals surface area contributed by atoms with Gasteiger partial charge < -0.3 is 4.74 Å². The molecular weight excluding hydrogens is 302 g/mol. The number of carbonyl (C=O) groups excluding carboxylic acids is 3. The molecule has 3 rings (SSSR count). The van der Waals surface area contributed by atoms with Gasteiger partial charge in [0.1, 0.15) is 0 Å². The van der Waals surface area contributed by atoms with Crippen LogP contribution in [0.2, 0.25) is 0 Å². The van der Waals surface area contributed by atoms with E-state index < -0.39 is 0 Å². The van der Waals surface area contributed by atoms with Crippen LogP contribution in [0, 0.1) is 0 Å². The lowest BCUT2D eigenvalue weighted by molar-refractivity contribution is -0.139. The molecule has 0 saturated heterocycles. The molecule has 2 amide bonds. The maximum Gasteiger partial charge on any atom is 0.310 e. The van der Waals surface area contributed by atoms with Crippen molar-refractivity contribution in [3.8, 4) is 0 Å². The van der Waals surface area contributed by atoms with Crippen LogP contribution in [0.1, 0.15) is 31.2 Å². The molecule has 1 aromatic carbocycles. The Hall–Kier alpha value is -2.47. The van der Waals surface area contributed by atoms with Crippen molar-refractivity contribution in [1.82, 2.24) is 4.90 Å². The fourth-order valence-corrected chi connectivity index (χ4v) is 3.30. The van der Waals surface area contributed by atoms with E-state index in [1.54, 1.807) is 24.3 Å². The van der Waals surface area contributed by atoms with Crippen LogP contribution in [0.5, 0.6) is 0 Å². The van der Waals surface area contributed by atoms with Gasteiger partial charge in [0, 0.05) is 4.88 Å². The SMILES string of the molecule is COC(=O)Cc1sccc1CN1C(=O)c2ccccc2C1=O. The third-order valence-corrected chi connectivity index (χ3v) is 4.54. The van der Waals surface area contributed by atoms with Crippen LogP contribution in [0.25, 0.3) is 0 Å². The summed E-state index contributed by atoms with van der Waals surface area (Å²) in [5.41, 5.74) is 1.65. The standard InChI is InChI=1S/C16H13NO4S/c1-21-14(18)8-13-10(6-7-22-13)9-17-15(19)11-4-2-3-5-12(11)16(17)20/h2-7H,8-9H2,1H3. The maximum absolute atomic E-state index is 12.3. The van der Waals surface area contributed by atoms with E-state index in [-0.39, 0.29) is 30.7 Å². The molecule has 0 radical (unpaired) electrons. The lowest BCUT2D eigenvalue weighted by Gasteiger charge is -2.14. The molecule has 0 unspecified atom stereocenters. The molecule has 6 heteroatoms. The summed E-state index contributed by atoms with van der Waals surface area (Å²) in [5.74, 6) is -0.933. The van der Waals surface area contributed by atoms with Crippen LogP contribution in [0.3, 0.4) is 0 Å². The summed E-state index contributed by atoms with van der Waals surface area (Å²) >= 11 is 1.41. The Balaban J connectivity index is 1.84. The Labute approximate surface area is 131 Å². The number of rotatable bonds is 4. The average molecular weight is 315 g/mol. The fourth-order valence-electron chi connectivity index (χ4n) is 2.42. The zero-order valence-corrected chi connectivity index (χ0v) is 12.7. The molecule has 0 fully saturated rings. The molecule has 2 aromatic rings. The zero-order valence-electron chi connectivity index (χ0n) is 11.9. The van der Waals surface area contributed by atoms with Crippen LogP contribution in [0.4, 0.5) is 0 Å². The van der Waals surface area contributed by atoms with E-state index >= 15 is 0 Å². The molecule has 0 bridgehead atoms. The molecule has 2 heterocycles. The third-order valence-electron chi connectivity index (χ3n) is 3.58. The van der Waals surface area contributed by atoms with E-state index in [1.165, 1.54) is 23.3 Å². The van der Waals surface area contributed by atoms with Crippen LogP contribution < -0.4 is 0 Å². The van der Waals surface area contributed by atoms with E-state index in [0.29, 0.717) is 11.1 Å². The van der Waals surface area contributed by atoms with Crippen molar-refractivity contribution in [2.45, 2.75) is 13.0 Å². The minimum absolute atomic E-state index is 0.146. The Kier molecular flexibility index (Phi) is 3.77. The van der Waals surface area contributed by atoms with Crippen molar-refractivity contribution < 1.29 is 19.1 Å². The van der Waals surface area contributed by atoms with Gasteiger partial charge in [-0.05, 0) is 29.1 Å². The predicted molar refractivity (Wildman–Crippen MR) is 80.7 cm³/mol. The summed E-state index contributed by atoms with van der Waals surface area (Å²) in [6.45, 7) is 0.169. The molecule has 0 atom stereocenters. The topological polar surface area (TPSA) is 63.7 Å². The van der Waals surface area contributed by atoms with Crippen LogP contribution >= 0.6 is 11.3 Å². The third kappa shape index (κ3) is 2.42. The first-order valence-electron chi connectivity index (χ1n) is 6.69. The fraction of sp³-hybridized carbons (Fsp3) is 0.188. The number of ether oxygens (including phenoxy) is 1. The Morgan fingerprint density at radius 1 is 1.14 bits per heavy atom. The van der Waals surface area contributed by atoms with E-state index in [1.807, 2.05) is 11.4 Å². The Morgan fingerprint density at radius 3 is 2.36 bits per heavy atom. The largest absolute Gasteiger partial charge is 0.469 e. The first kappa shape index (κ1) is 14.5. The molecule has 22 heavy (non-hydrogen) atoms. The summed E-state index contributed by atoms with van der Waals surface area (Å²) in [7, 11) is 1.33. The van der Waals surface area contributed by atoms with Gasteiger partial charge in [-0.1, -0.05) is 12.1 Å². The highest BCUT2D eigenvalue weighted by Crippen LogP contribution is 2.27. The number of nitrogens with zero attached hydrogens (tertiary/aromatic N) is 1. The second kappa shape index (κ2) is 5.73.